The van der Waals surface area contributed by atoms with Gasteiger partial charge in [-0.05, 0) is 135 Å². The fraction of sp³-hybridized carbons (Fsp3) is 0.870. The average Bonchev–Trinajstić information content (AvgIpc) is 3.07. The van der Waals surface area contributed by atoms with Gasteiger partial charge in [0.15, 0.2) is 0 Å². The first-order valence-corrected chi connectivity index (χ1v) is 25.5. The summed E-state index contributed by atoms with van der Waals surface area (Å²) in [4.78, 5) is 0. The van der Waals surface area contributed by atoms with E-state index in [-0.39, 0.29) is 48.1 Å². The largest absolute Gasteiger partial charge is 0.362 e. The maximum atomic E-state index is 16.3. The Labute approximate surface area is 331 Å². The van der Waals surface area contributed by atoms with Gasteiger partial charge in [-0.1, -0.05) is 121 Å². The van der Waals surface area contributed by atoms with E-state index >= 15 is 9.13 Å². The minimum absolute atomic E-state index is 0.221. The fourth-order valence-electron chi connectivity index (χ4n) is 10.9. The highest BCUT2D eigenvalue weighted by molar-refractivity contribution is 7.68. The summed E-state index contributed by atoms with van der Waals surface area (Å²) < 4.78 is 61.2. The van der Waals surface area contributed by atoms with Gasteiger partial charge in [-0.15, -0.1) is 0 Å². The van der Waals surface area contributed by atoms with Crippen molar-refractivity contribution < 1.29 is 27.2 Å². The molecule has 8 heteroatoms. The lowest BCUT2D eigenvalue weighted by molar-refractivity contribution is -0.00185. The molecule has 1 aromatic carbocycles. The molecule has 0 amide bonds. The molecule has 1 aromatic rings. The molecule has 0 radical (unpaired) electrons. The lowest BCUT2D eigenvalue weighted by atomic mass is 9.75. The summed E-state index contributed by atoms with van der Waals surface area (Å²) in [5.41, 5.74) is 0. The summed E-state index contributed by atoms with van der Waals surface area (Å²) in [6, 6.07) is 7.56. The number of benzene rings is 1. The molecule has 0 aliphatic heterocycles. The Morgan fingerprint density at radius 3 is 0.852 bits per heavy atom. The zero-order valence-electron chi connectivity index (χ0n) is 36.4. The van der Waals surface area contributed by atoms with E-state index in [1.807, 2.05) is 24.3 Å². The van der Waals surface area contributed by atoms with Gasteiger partial charge in [0.25, 0.3) is 0 Å². The summed E-state index contributed by atoms with van der Waals surface area (Å²) in [5.74, 6) is 4.44. The summed E-state index contributed by atoms with van der Waals surface area (Å²) in [6.07, 6.45) is 11.2. The molecule has 0 heterocycles. The molecule has 6 nitrogen and oxygen atoms in total. The van der Waals surface area contributed by atoms with Crippen molar-refractivity contribution in [2.75, 3.05) is 0 Å². The van der Waals surface area contributed by atoms with Crippen molar-refractivity contribution in [2.45, 2.75) is 185 Å². The standard InChI is InChI=1S/C46H80O6P2/c1-29(2)37-21-17-33(9)25-41(37)49-53(47,50-42-26-34(10)18-22-38(42)30(3)4)45-15-13-14-16-46(45)54(48,51-43-27-35(11)19-23-39(43)31(5)6)52-44-28-36(12)20-24-40(44)32(7)8/h13-16,29-44H,17-28H2,1-12H3/t33-,34-,35-,36-,37+,38+,39+,40+,41-,42-,43-,44-/m1/s1. The molecule has 310 valence electrons. The van der Waals surface area contributed by atoms with Crippen LogP contribution >= 0.6 is 15.2 Å². The van der Waals surface area contributed by atoms with E-state index in [1.165, 1.54) is 0 Å². The zero-order chi connectivity index (χ0) is 39.5. The molecule has 4 fully saturated rings. The van der Waals surface area contributed by atoms with Gasteiger partial charge in [-0.25, -0.2) is 0 Å². The molecule has 4 saturated carbocycles. The minimum atomic E-state index is -4.08. The highest BCUT2D eigenvalue weighted by Crippen LogP contribution is 2.60. The van der Waals surface area contributed by atoms with Crippen LogP contribution in [0.5, 0.6) is 0 Å². The van der Waals surface area contributed by atoms with E-state index < -0.39 is 15.2 Å². The molecule has 0 saturated heterocycles. The Hall–Kier alpha value is -0.480. The molecule has 0 unspecified atom stereocenters. The van der Waals surface area contributed by atoms with Crippen molar-refractivity contribution in [1.29, 1.82) is 0 Å². The Morgan fingerprint density at radius 2 is 0.648 bits per heavy atom. The quantitative estimate of drug-likeness (QED) is 0.175. The van der Waals surface area contributed by atoms with Gasteiger partial charge >= 0.3 is 15.2 Å². The van der Waals surface area contributed by atoms with Gasteiger partial charge < -0.3 is 18.1 Å². The predicted octanol–water partition coefficient (Wildman–Crippen LogP) is 13.2. The van der Waals surface area contributed by atoms with E-state index in [2.05, 4.69) is 83.1 Å². The second kappa shape index (κ2) is 19.1. The van der Waals surface area contributed by atoms with Gasteiger partial charge in [0.2, 0.25) is 0 Å². The lowest BCUT2D eigenvalue weighted by Gasteiger charge is -2.43. The molecule has 12 atom stereocenters. The third kappa shape index (κ3) is 10.8. The molecule has 4 aliphatic carbocycles. The maximum Gasteiger partial charge on any atom is 0.362 e. The Kier molecular flexibility index (Phi) is 15.7. The van der Waals surface area contributed by atoms with Crippen molar-refractivity contribution in [1.82, 2.24) is 0 Å². The van der Waals surface area contributed by atoms with E-state index in [0.717, 1.165) is 77.0 Å². The molecule has 5 rings (SSSR count). The van der Waals surface area contributed by atoms with Gasteiger partial charge in [0, 0.05) is 0 Å². The topological polar surface area (TPSA) is 71.1 Å². The van der Waals surface area contributed by atoms with E-state index in [4.69, 9.17) is 18.1 Å². The van der Waals surface area contributed by atoms with Crippen LogP contribution in [0.3, 0.4) is 0 Å². The van der Waals surface area contributed by atoms with Gasteiger partial charge in [0.05, 0.1) is 35.0 Å². The first kappa shape index (κ1) is 44.6. The van der Waals surface area contributed by atoms with Crippen LogP contribution in [0.2, 0.25) is 0 Å². The molecule has 0 aromatic heterocycles. The van der Waals surface area contributed by atoms with Crippen LogP contribution < -0.4 is 10.6 Å². The monoisotopic (exact) mass is 791 g/mol. The molecule has 0 bridgehead atoms. The average molecular weight is 791 g/mol. The molecule has 54 heavy (non-hydrogen) atoms. The summed E-state index contributed by atoms with van der Waals surface area (Å²) >= 11 is 0. The van der Waals surface area contributed by atoms with Gasteiger partial charge in [-0.3, -0.25) is 9.13 Å². The van der Waals surface area contributed by atoms with Crippen LogP contribution in [0.25, 0.3) is 0 Å². The predicted molar refractivity (Wildman–Crippen MR) is 226 cm³/mol. The summed E-state index contributed by atoms with van der Waals surface area (Å²) in [5, 5.41) is 0.786. The van der Waals surface area contributed by atoms with Crippen molar-refractivity contribution in [2.24, 2.45) is 71.0 Å². The highest BCUT2D eigenvalue weighted by Gasteiger charge is 2.49. The first-order chi connectivity index (χ1) is 25.4. The highest BCUT2D eigenvalue weighted by atomic mass is 31.2. The van der Waals surface area contributed by atoms with Crippen molar-refractivity contribution in [3.8, 4) is 0 Å². The van der Waals surface area contributed by atoms with Gasteiger partial charge in [-0.2, -0.15) is 0 Å². The van der Waals surface area contributed by atoms with Crippen molar-refractivity contribution in [3.63, 3.8) is 0 Å². The number of rotatable bonds is 14. The smallest absolute Gasteiger partial charge is 0.302 e. The molecular formula is C46H80O6P2. The normalized spacial score (nSPS) is 36.0. The summed E-state index contributed by atoms with van der Waals surface area (Å²) in [6.45, 7) is 27.2. The van der Waals surface area contributed by atoms with Crippen LogP contribution in [0.1, 0.15) is 160 Å². The third-order valence-electron chi connectivity index (χ3n) is 14.4. The van der Waals surface area contributed by atoms with Crippen molar-refractivity contribution in [3.05, 3.63) is 24.3 Å². The minimum Gasteiger partial charge on any atom is -0.302 e. The maximum absolute atomic E-state index is 16.3. The zero-order valence-corrected chi connectivity index (χ0v) is 38.2. The van der Waals surface area contributed by atoms with Gasteiger partial charge in [0.1, 0.15) is 0 Å². The van der Waals surface area contributed by atoms with Crippen molar-refractivity contribution >= 4 is 25.8 Å². The van der Waals surface area contributed by atoms with Crippen LogP contribution in [0.4, 0.5) is 0 Å². The van der Waals surface area contributed by atoms with E-state index in [0.29, 0.717) is 58.0 Å². The molecule has 0 spiro atoms. The second-order valence-corrected chi connectivity index (χ2v) is 24.2. The van der Waals surface area contributed by atoms with Crippen LogP contribution in [-0.2, 0) is 27.2 Å². The Bertz CT molecular complexity index is 1240. The Balaban J connectivity index is 1.67. The molecule has 0 N–H and O–H groups in total. The first-order valence-electron chi connectivity index (χ1n) is 22.4. The van der Waals surface area contributed by atoms with Crippen LogP contribution in [-0.4, -0.2) is 24.4 Å². The third-order valence-corrected chi connectivity index (χ3v) is 18.7. The lowest BCUT2D eigenvalue weighted by Crippen LogP contribution is -2.42. The number of hydrogen-bond donors (Lipinski definition) is 0. The SMILES string of the molecule is CC(C)[C@@H]1CC[C@@H](C)C[C@H]1OP(=O)(O[C@@H]1C[C@H](C)CC[C@H]1C(C)C)c1ccccc1P(=O)(O[C@@H]1C[C@H](C)CC[C@H]1C(C)C)O[C@@H]1C[C@H](C)CC[C@H]1C(C)C. The number of hydrogen-bond acceptors (Lipinski definition) is 6. The Morgan fingerprint density at radius 1 is 0.426 bits per heavy atom. The molecule has 4 aliphatic rings. The van der Waals surface area contributed by atoms with E-state index in [1.54, 1.807) is 0 Å². The fourth-order valence-corrected chi connectivity index (χ4v) is 15.8. The van der Waals surface area contributed by atoms with E-state index in [9.17, 15) is 0 Å². The van der Waals surface area contributed by atoms with Crippen LogP contribution in [0, 0.1) is 71.0 Å². The molecular weight excluding hydrogens is 710 g/mol. The van der Waals surface area contributed by atoms with Crippen LogP contribution in [0.15, 0.2) is 24.3 Å². The summed E-state index contributed by atoms with van der Waals surface area (Å²) in [7, 11) is -8.16. The second-order valence-electron chi connectivity index (χ2n) is 20.4.